The number of hydrogen-bond acceptors (Lipinski definition) is 0. The van der Waals surface area contributed by atoms with Gasteiger partial charge in [0.1, 0.15) is 0 Å². The van der Waals surface area contributed by atoms with E-state index in [9.17, 15) is 0 Å². The van der Waals surface area contributed by atoms with Crippen LogP contribution in [0.15, 0.2) is 0 Å². The summed E-state index contributed by atoms with van der Waals surface area (Å²) < 4.78 is 0. The van der Waals surface area contributed by atoms with E-state index >= 15 is 0 Å². The first-order chi connectivity index (χ1) is 4.79. The minimum atomic E-state index is 0.677. The molecule has 0 amide bonds. The van der Waals surface area contributed by atoms with Gasteiger partial charge in [-0.3, -0.25) is 0 Å². The minimum absolute atomic E-state index is 0.677. The van der Waals surface area contributed by atoms with E-state index < -0.39 is 0 Å². The van der Waals surface area contributed by atoms with Crippen LogP contribution in [0.4, 0.5) is 0 Å². The molecule has 1 rings (SSSR count). The summed E-state index contributed by atoms with van der Waals surface area (Å²) in [7, 11) is 0. The molecule has 10 heavy (non-hydrogen) atoms. The Hall–Kier alpha value is 0.290. The van der Waals surface area contributed by atoms with E-state index in [1.54, 1.807) is 0 Å². The molecule has 0 radical (unpaired) electrons. The van der Waals surface area contributed by atoms with Crippen molar-refractivity contribution in [1.29, 1.82) is 0 Å². The van der Waals surface area contributed by atoms with Gasteiger partial charge in [-0.15, -0.1) is 11.6 Å². The molecule has 0 aromatic rings. The minimum Gasteiger partial charge on any atom is -0.126 e. The molecule has 1 fully saturated rings. The lowest BCUT2D eigenvalue weighted by atomic mass is 9.95. The van der Waals surface area contributed by atoms with Gasteiger partial charge in [0.25, 0.3) is 0 Å². The van der Waals surface area contributed by atoms with Gasteiger partial charge in [0.15, 0.2) is 0 Å². The largest absolute Gasteiger partial charge is 0.126 e. The van der Waals surface area contributed by atoms with E-state index in [0.29, 0.717) is 5.41 Å². The molecule has 1 aliphatic carbocycles. The second kappa shape index (κ2) is 3.13. The second-order valence-electron chi connectivity index (χ2n) is 3.52. The summed E-state index contributed by atoms with van der Waals surface area (Å²) in [5.41, 5.74) is 0.677. The Balaban J connectivity index is 2.34. The van der Waals surface area contributed by atoms with Crippen molar-refractivity contribution in [2.75, 3.05) is 5.88 Å². The molecule has 0 aromatic carbocycles. The Labute approximate surface area is 69.0 Å². The van der Waals surface area contributed by atoms with E-state index in [0.717, 1.165) is 11.8 Å². The monoisotopic (exact) mass is 160 g/mol. The van der Waals surface area contributed by atoms with Crippen LogP contribution in [-0.2, 0) is 0 Å². The maximum Gasteiger partial charge on any atom is 0.0257 e. The molecule has 60 valence electrons. The first-order valence-corrected chi connectivity index (χ1v) is 4.88. The summed E-state index contributed by atoms with van der Waals surface area (Å²) in [6.07, 6.45) is 5.43. The fraction of sp³-hybridized carbons (Fsp3) is 1.00. The Morgan fingerprint density at radius 1 is 1.50 bits per heavy atom. The Kier molecular flexibility index (Phi) is 2.62. The van der Waals surface area contributed by atoms with E-state index in [2.05, 4.69) is 13.8 Å². The zero-order valence-electron chi connectivity index (χ0n) is 6.99. The first-order valence-electron chi connectivity index (χ1n) is 4.35. The molecule has 0 nitrogen and oxygen atoms in total. The first kappa shape index (κ1) is 8.39. The zero-order valence-corrected chi connectivity index (χ0v) is 7.75. The number of hydrogen-bond donors (Lipinski definition) is 0. The van der Waals surface area contributed by atoms with Crippen molar-refractivity contribution in [1.82, 2.24) is 0 Å². The van der Waals surface area contributed by atoms with Crippen molar-refractivity contribution in [2.45, 2.75) is 39.5 Å². The lowest BCUT2D eigenvalue weighted by Crippen LogP contribution is -2.02. The number of alkyl halides is 1. The van der Waals surface area contributed by atoms with Gasteiger partial charge in [-0.25, -0.2) is 0 Å². The van der Waals surface area contributed by atoms with Crippen molar-refractivity contribution in [2.24, 2.45) is 11.3 Å². The maximum atomic E-state index is 5.80. The Morgan fingerprint density at radius 2 is 2.20 bits per heavy atom. The van der Waals surface area contributed by atoms with Gasteiger partial charge in [-0.1, -0.05) is 26.7 Å². The normalized spacial score (nSPS) is 38.1. The molecule has 1 aliphatic rings. The molecule has 0 bridgehead atoms. The van der Waals surface area contributed by atoms with Gasteiger partial charge in [0.2, 0.25) is 0 Å². The van der Waals surface area contributed by atoms with Crippen LogP contribution in [0.3, 0.4) is 0 Å². The van der Waals surface area contributed by atoms with Gasteiger partial charge in [0.05, 0.1) is 0 Å². The molecular formula is C9H17Cl. The van der Waals surface area contributed by atoms with Crippen LogP contribution in [0.1, 0.15) is 39.5 Å². The van der Waals surface area contributed by atoms with E-state index in [-0.39, 0.29) is 0 Å². The third kappa shape index (κ3) is 1.32. The molecule has 0 heterocycles. The topological polar surface area (TPSA) is 0 Å². The predicted octanol–water partition coefficient (Wildman–Crippen LogP) is 3.44. The summed E-state index contributed by atoms with van der Waals surface area (Å²) >= 11 is 5.80. The standard InChI is InChI=1S/C9H17Cl/c1-3-5-9(4-2)6-8(9)7-10/h8H,3-7H2,1-2H3. The summed E-state index contributed by atoms with van der Waals surface area (Å²) in [6.45, 7) is 4.56. The fourth-order valence-electron chi connectivity index (χ4n) is 2.06. The van der Waals surface area contributed by atoms with Crippen LogP contribution in [0, 0.1) is 11.3 Å². The third-order valence-corrected chi connectivity index (χ3v) is 3.37. The molecule has 2 atom stereocenters. The summed E-state index contributed by atoms with van der Waals surface area (Å²) in [4.78, 5) is 0. The van der Waals surface area contributed by atoms with Gasteiger partial charge < -0.3 is 0 Å². The highest BCUT2D eigenvalue weighted by atomic mass is 35.5. The quantitative estimate of drug-likeness (QED) is 0.553. The Morgan fingerprint density at radius 3 is 2.50 bits per heavy atom. The lowest BCUT2D eigenvalue weighted by molar-refractivity contribution is 0.409. The van der Waals surface area contributed by atoms with Crippen LogP contribution in [0.5, 0.6) is 0 Å². The van der Waals surface area contributed by atoms with Crippen molar-refractivity contribution in [3.63, 3.8) is 0 Å². The van der Waals surface area contributed by atoms with Crippen molar-refractivity contribution in [3.05, 3.63) is 0 Å². The molecule has 0 aromatic heterocycles. The lowest BCUT2D eigenvalue weighted by Gasteiger charge is -2.11. The van der Waals surface area contributed by atoms with Crippen LogP contribution in [0.25, 0.3) is 0 Å². The van der Waals surface area contributed by atoms with E-state index in [1.165, 1.54) is 25.7 Å². The molecule has 0 aliphatic heterocycles. The molecule has 2 unspecified atom stereocenters. The average Bonchev–Trinajstić information content (AvgIpc) is 2.65. The summed E-state index contributed by atoms with van der Waals surface area (Å²) in [5, 5.41) is 0. The second-order valence-corrected chi connectivity index (χ2v) is 3.83. The highest BCUT2D eigenvalue weighted by Crippen LogP contribution is 2.58. The molecule has 0 saturated heterocycles. The van der Waals surface area contributed by atoms with Crippen LogP contribution >= 0.6 is 11.6 Å². The summed E-state index contributed by atoms with van der Waals surface area (Å²) in [6, 6.07) is 0. The smallest absolute Gasteiger partial charge is 0.0257 e. The summed E-state index contributed by atoms with van der Waals surface area (Å²) in [5.74, 6) is 1.73. The van der Waals surface area contributed by atoms with Crippen molar-refractivity contribution >= 4 is 11.6 Å². The molecule has 0 spiro atoms. The number of rotatable bonds is 4. The SMILES string of the molecule is CCCC1(CC)CC1CCl. The Bertz CT molecular complexity index is 111. The average molecular weight is 161 g/mol. The van der Waals surface area contributed by atoms with Crippen molar-refractivity contribution < 1.29 is 0 Å². The third-order valence-electron chi connectivity index (χ3n) is 3.00. The highest BCUT2D eigenvalue weighted by Gasteiger charge is 2.50. The van der Waals surface area contributed by atoms with Gasteiger partial charge in [0, 0.05) is 5.88 Å². The maximum absolute atomic E-state index is 5.80. The van der Waals surface area contributed by atoms with E-state index in [4.69, 9.17) is 11.6 Å². The van der Waals surface area contributed by atoms with Gasteiger partial charge in [-0.05, 0) is 24.2 Å². The highest BCUT2D eigenvalue weighted by molar-refractivity contribution is 6.18. The number of halogens is 1. The van der Waals surface area contributed by atoms with Crippen LogP contribution in [0.2, 0.25) is 0 Å². The van der Waals surface area contributed by atoms with Crippen molar-refractivity contribution in [3.8, 4) is 0 Å². The van der Waals surface area contributed by atoms with Gasteiger partial charge >= 0.3 is 0 Å². The molecular weight excluding hydrogens is 144 g/mol. The predicted molar refractivity (Wildman–Crippen MR) is 46.5 cm³/mol. The molecule has 1 saturated carbocycles. The van der Waals surface area contributed by atoms with Gasteiger partial charge in [-0.2, -0.15) is 0 Å². The van der Waals surface area contributed by atoms with Crippen LogP contribution in [-0.4, -0.2) is 5.88 Å². The van der Waals surface area contributed by atoms with Crippen LogP contribution < -0.4 is 0 Å². The molecule has 1 heteroatoms. The fourth-order valence-corrected chi connectivity index (χ4v) is 2.50. The van der Waals surface area contributed by atoms with E-state index in [1.807, 2.05) is 0 Å². The zero-order chi connectivity index (χ0) is 7.61. The molecule has 0 N–H and O–H groups in total.